The number of aromatic hydroxyl groups is 1. The van der Waals surface area contributed by atoms with Crippen molar-refractivity contribution in [3.63, 3.8) is 0 Å². The molecule has 2 heterocycles. The molecule has 34 heavy (non-hydrogen) atoms. The van der Waals surface area contributed by atoms with E-state index in [-0.39, 0.29) is 24.3 Å². The molecule has 1 fully saturated rings. The lowest BCUT2D eigenvalue weighted by Gasteiger charge is -2.26. The Hall–Kier alpha value is -3.51. The molecule has 1 saturated heterocycles. The smallest absolute Gasteiger partial charge is 0.293 e. The number of rotatable bonds is 6. The summed E-state index contributed by atoms with van der Waals surface area (Å²) in [5, 5.41) is 19.7. The molecule has 0 aliphatic carbocycles. The first-order valence-corrected chi connectivity index (χ1v) is 11.1. The van der Waals surface area contributed by atoms with E-state index in [1.807, 2.05) is 24.3 Å². The first kappa shape index (κ1) is 23.6. The Labute approximate surface area is 196 Å². The van der Waals surface area contributed by atoms with Gasteiger partial charge in [0.05, 0.1) is 37.4 Å². The number of aromatic nitrogens is 2. The number of ether oxygens (including phenoxy) is 1. The Morgan fingerprint density at radius 3 is 2.56 bits per heavy atom. The number of hydrogen-bond acceptors (Lipinski definition) is 6. The number of nitrogens with zero attached hydrogens (tertiary/aromatic N) is 2. The van der Waals surface area contributed by atoms with E-state index in [1.54, 1.807) is 12.1 Å². The van der Waals surface area contributed by atoms with Crippen molar-refractivity contribution in [1.29, 1.82) is 0 Å². The highest BCUT2D eigenvalue weighted by Crippen LogP contribution is 2.24. The summed E-state index contributed by atoms with van der Waals surface area (Å²) in [5.74, 6) is 4.21. The van der Waals surface area contributed by atoms with Gasteiger partial charge in [-0.3, -0.25) is 9.69 Å². The fourth-order valence-corrected chi connectivity index (χ4v) is 3.87. The van der Waals surface area contributed by atoms with Crippen molar-refractivity contribution in [1.82, 2.24) is 14.9 Å². The van der Waals surface area contributed by atoms with Crippen LogP contribution in [0, 0.1) is 17.7 Å². The van der Waals surface area contributed by atoms with E-state index in [0.717, 1.165) is 44.7 Å². The van der Waals surface area contributed by atoms with Crippen molar-refractivity contribution in [2.45, 2.75) is 18.9 Å². The van der Waals surface area contributed by atoms with Crippen LogP contribution in [-0.2, 0) is 17.7 Å². The molecule has 7 nitrogen and oxygen atoms in total. The number of aliphatic hydroxyl groups is 1. The maximum absolute atomic E-state index is 14.7. The van der Waals surface area contributed by atoms with E-state index < -0.39 is 23.0 Å². The average molecular weight is 464 g/mol. The van der Waals surface area contributed by atoms with Gasteiger partial charge in [0.25, 0.3) is 5.56 Å². The molecule has 0 spiro atoms. The van der Waals surface area contributed by atoms with Crippen LogP contribution in [0.2, 0.25) is 0 Å². The average Bonchev–Trinajstić information content (AvgIpc) is 2.85. The van der Waals surface area contributed by atoms with Crippen LogP contribution in [-0.4, -0.2) is 58.0 Å². The Balaban J connectivity index is 1.42. The first-order valence-electron chi connectivity index (χ1n) is 11.1. The van der Waals surface area contributed by atoms with Gasteiger partial charge in [-0.25, -0.2) is 9.37 Å². The summed E-state index contributed by atoms with van der Waals surface area (Å²) in [6.45, 7) is 3.90. The van der Waals surface area contributed by atoms with E-state index in [2.05, 4.69) is 26.7 Å². The predicted octanol–water partition coefficient (Wildman–Crippen LogP) is 2.17. The van der Waals surface area contributed by atoms with Crippen LogP contribution < -0.4 is 5.56 Å². The second-order valence-electron chi connectivity index (χ2n) is 8.20. The van der Waals surface area contributed by atoms with Gasteiger partial charge in [-0.05, 0) is 41.8 Å². The maximum atomic E-state index is 14.7. The van der Waals surface area contributed by atoms with Crippen LogP contribution in [0.4, 0.5) is 4.39 Å². The summed E-state index contributed by atoms with van der Waals surface area (Å²) in [6, 6.07) is 12.6. The molecule has 176 valence electrons. The molecule has 0 bridgehead atoms. The van der Waals surface area contributed by atoms with E-state index >= 15 is 0 Å². The summed E-state index contributed by atoms with van der Waals surface area (Å²) >= 11 is 0. The quantitative estimate of drug-likeness (QED) is 0.485. The first-order chi connectivity index (χ1) is 16.5. The lowest BCUT2D eigenvalue weighted by atomic mass is 9.95. The standard InChI is InChI=1S/C26H26FN3O4/c27-23-14-20(13-22(16-31)24-25(32)26(33)29-17-28-24)6-8-21(23)7-5-18-1-3-19(4-2-18)15-30-9-11-34-12-10-30/h1-4,6,8,14,17,22,31-32H,9-13,15-16H2,(H,28,29,33). The maximum Gasteiger partial charge on any atom is 0.293 e. The normalized spacial score (nSPS) is 14.9. The number of aliphatic hydroxyl groups excluding tert-OH is 1. The van der Waals surface area contributed by atoms with Gasteiger partial charge in [-0.1, -0.05) is 30.0 Å². The number of halogens is 1. The SMILES string of the molecule is O=c1[nH]cnc(C(CO)Cc2ccc(C#Cc3ccc(CN4CCOCC4)cc3)c(F)c2)c1O. The third kappa shape index (κ3) is 5.88. The van der Waals surface area contributed by atoms with Crippen molar-refractivity contribution < 1.29 is 19.3 Å². The molecule has 0 radical (unpaired) electrons. The Kier molecular flexibility index (Phi) is 7.70. The van der Waals surface area contributed by atoms with E-state index in [4.69, 9.17) is 4.74 Å². The van der Waals surface area contributed by atoms with E-state index in [0.29, 0.717) is 5.56 Å². The summed E-state index contributed by atoms with van der Waals surface area (Å²) in [7, 11) is 0. The van der Waals surface area contributed by atoms with Crippen LogP contribution in [0.3, 0.4) is 0 Å². The van der Waals surface area contributed by atoms with Crippen LogP contribution in [0.15, 0.2) is 53.6 Å². The summed E-state index contributed by atoms with van der Waals surface area (Å²) in [5.41, 5.74) is 2.24. The highest BCUT2D eigenvalue weighted by Gasteiger charge is 2.19. The van der Waals surface area contributed by atoms with Crippen molar-refractivity contribution in [2.75, 3.05) is 32.9 Å². The minimum absolute atomic E-state index is 0.0765. The molecule has 0 saturated carbocycles. The third-order valence-electron chi connectivity index (χ3n) is 5.78. The zero-order valence-electron chi connectivity index (χ0n) is 18.6. The van der Waals surface area contributed by atoms with Crippen molar-refractivity contribution in [3.8, 4) is 17.6 Å². The zero-order chi connectivity index (χ0) is 23.9. The van der Waals surface area contributed by atoms with Crippen molar-refractivity contribution >= 4 is 0 Å². The molecule has 8 heteroatoms. The third-order valence-corrected chi connectivity index (χ3v) is 5.78. The summed E-state index contributed by atoms with van der Waals surface area (Å²) < 4.78 is 20.1. The highest BCUT2D eigenvalue weighted by molar-refractivity contribution is 5.45. The van der Waals surface area contributed by atoms with Crippen LogP contribution in [0.25, 0.3) is 0 Å². The minimum atomic E-state index is -0.686. The molecule has 3 N–H and O–H groups in total. The predicted molar refractivity (Wildman–Crippen MR) is 125 cm³/mol. The fourth-order valence-electron chi connectivity index (χ4n) is 3.87. The number of H-pyrrole nitrogens is 1. The molecular formula is C26H26FN3O4. The van der Waals surface area contributed by atoms with Crippen LogP contribution in [0.1, 0.15) is 33.9 Å². The van der Waals surface area contributed by atoms with E-state index in [1.165, 1.54) is 11.6 Å². The molecule has 1 unspecified atom stereocenters. The van der Waals surface area contributed by atoms with Crippen LogP contribution in [0.5, 0.6) is 5.75 Å². The zero-order valence-corrected chi connectivity index (χ0v) is 18.6. The lowest BCUT2D eigenvalue weighted by molar-refractivity contribution is 0.0342. The van der Waals surface area contributed by atoms with Gasteiger partial charge >= 0.3 is 0 Å². The van der Waals surface area contributed by atoms with Gasteiger partial charge in [-0.15, -0.1) is 0 Å². The van der Waals surface area contributed by atoms with Gasteiger partial charge in [0, 0.05) is 31.1 Å². The van der Waals surface area contributed by atoms with Gasteiger partial charge in [0.15, 0.2) is 0 Å². The second kappa shape index (κ2) is 11.1. The molecule has 0 amide bonds. The Bertz CT molecular complexity index is 1240. The van der Waals surface area contributed by atoms with Gasteiger partial charge in [0.2, 0.25) is 5.75 Å². The monoisotopic (exact) mass is 463 g/mol. The molecule has 1 aromatic heterocycles. The molecule has 1 aliphatic heterocycles. The molecule has 2 aromatic carbocycles. The molecule has 1 atom stereocenters. The number of aromatic amines is 1. The molecular weight excluding hydrogens is 437 g/mol. The van der Waals surface area contributed by atoms with Gasteiger partial charge in [-0.2, -0.15) is 0 Å². The van der Waals surface area contributed by atoms with Crippen LogP contribution >= 0.6 is 0 Å². The topological polar surface area (TPSA) is 98.7 Å². The molecule has 1 aliphatic rings. The molecule has 4 rings (SSSR count). The lowest BCUT2D eigenvalue weighted by Crippen LogP contribution is -2.35. The highest BCUT2D eigenvalue weighted by atomic mass is 19.1. The number of nitrogens with one attached hydrogen (secondary N) is 1. The summed E-state index contributed by atoms with van der Waals surface area (Å²) in [6.07, 6.45) is 1.37. The number of benzene rings is 2. The molecule has 3 aromatic rings. The Morgan fingerprint density at radius 2 is 1.85 bits per heavy atom. The van der Waals surface area contributed by atoms with Gasteiger partial charge in [0.1, 0.15) is 5.82 Å². The van der Waals surface area contributed by atoms with Crippen molar-refractivity contribution in [3.05, 3.63) is 92.9 Å². The number of morpholine rings is 1. The van der Waals surface area contributed by atoms with Crippen molar-refractivity contribution in [2.24, 2.45) is 0 Å². The van der Waals surface area contributed by atoms with Gasteiger partial charge < -0.3 is 19.9 Å². The van der Waals surface area contributed by atoms with E-state index in [9.17, 15) is 19.4 Å². The Morgan fingerprint density at radius 1 is 1.12 bits per heavy atom. The largest absolute Gasteiger partial charge is 0.502 e. The fraction of sp³-hybridized carbons (Fsp3) is 0.308. The number of hydrogen-bond donors (Lipinski definition) is 3. The minimum Gasteiger partial charge on any atom is -0.502 e. The second-order valence-corrected chi connectivity index (χ2v) is 8.20. The summed E-state index contributed by atoms with van der Waals surface area (Å²) in [4.78, 5) is 20.2.